The summed E-state index contributed by atoms with van der Waals surface area (Å²) in [6, 6.07) is 27.5. The first kappa shape index (κ1) is 22.0. The largest absolute Gasteiger partial charge is 0.473 e. The van der Waals surface area contributed by atoms with Gasteiger partial charge in [-0.2, -0.15) is 0 Å². The molecule has 2 heterocycles. The predicted octanol–water partition coefficient (Wildman–Crippen LogP) is 4.38. The van der Waals surface area contributed by atoms with E-state index in [1.165, 1.54) is 0 Å². The molecule has 166 valence electrons. The number of hydrogen-bond acceptors (Lipinski definition) is 5. The van der Waals surface area contributed by atoms with E-state index in [-0.39, 0.29) is 12.5 Å². The Morgan fingerprint density at radius 1 is 0.848 bits per heavy atom. The van der Waals surface area contributed by atoms with Crippen LogP contribution in [0.15, 0.2) is 104 Å². The summed E-state index contributed by atoms with van der Waals surface area (Å²) in [6.07, 6.45) is 5.25. The highest BCUT2D eigenvalue weighted by Crippen LogP contribution is 2.18. The summed E-state index contributed by atoms with van der Waals surface area (Å²) in [5.41, 5.74) is 3.91. The van der Waals surface area contributed by atoms with Gasteiger partial charge in [-0.1, -0.05) is 60.7 Å². The third kappa shape index (κ3) is 6.64. The number of carbonyl (C=O) groups excluding carboxylic acids is 1. The fourth-order valence-electron chi connectivity index (χ4n) is 3.43. The molecule has 6 heteroatoms. The maximum atomic E-state index is 12.9. The summed E-state index contributed by atoms with van der Waals surface area (Å²) in [5.74, 6) is 0.442. The predicted molar refractivity (Wildman–Crippen MR) is 129 cm³/mol. The molecule has 2 aromatic carbocycles. The number of rotatable bonds is 10. The summed E-state index contributed by atoms with van der Waals surface area (Å²) in [4.78, 5) is 23.4. The first-order chi connectivity index (χ1) is 16.3. The standard InChI is InChI=1S/C27H26N4O2/c32-26(20-31(25-13-5-2-6-14-25)19-23-11-7-15-28-17-23)30-18-24-12-8-16-29-27(24)33-21-22-9-3-1-4-10-22/h1-17H,18-21H2,(H,30,32). The second-order valence-corrected chi connectivity index (χ2v) is 7.57. The molecule has 0 fully saturated rings. The van der Waals surface area contributed by atoms with Crippen LogP contribution in [0.4, 0.5) is 5.69 Å². The number of benzene rings is 2. The van der Waals surface area contributed by atoms with E-state index in [0.29, 0.717) is 25.6 Å². The zero-order chi connectivity index (χ0) is 22.7. The minimum Gasteiger partial charge on any atom is -0.473 e. The van der Waals surface area contributed by atoms with Crippen LogP contribution in [0.3, 0.4) is 0 Å². The first-order valence-electron chi connectivity index (χ1n) is 10.8. The van der Waals surface area contributed by atoms with Crippen molar-refractivity contribution in [3.05, 3.63) is 120 Å². The first-order valence-corrected chi connectivity index (χ1v) is 10.8. The van der Waals surface area contributed by atoms with Gasteiger partial charge in [0.15, 0.2) is 0 Å². The number of nitrogens with zero attached hydrogens (tertiary/aromatic N) is 3. The number of aromatic nitrogens is 2. The average Bonchev–Trinajstić information content (AvgIpc) is 2.88. The molecule has 0 aliphatic rings. The van der Waals surface area contributed by atoms with Gasteiger partial charge >= 0.3 is 0 Å². The molecular weight excluding hydrogens is 412 g/mol. The van der Waals surface area contributed by atoms with Crippen molar-refractivity contribution in [3.8, 4) is 5.88 Å². The van der Waals surface area contributed by atoms with Crippen molar-refractivity contribution in [2.24, 2.45) is 0 Å². The Kier molecular flexibility index (Phi) is 7.63. The van der Waals surface area contributed by atoms with Crippen LogP contribution in [0.25, 0.3) is 0 Å². The molecule has 4 rings (SSSR count). The van der Waals surface area contributed by atoms with E-state index >= 15 is 0 Å². The molecule has 4 aromatic rings. The van der Waals surface area contributed by atoms with Gasteiger partial charge < -0.3 is 15.0 Å². The highest BCUT2D eigenvalue weighted by Gasteiger charge is 2.13. The molecule has 0 radical (unpaired) electrons. The van der Waals surface area contributed by atoms with E-state index < -0.39 is 0 Å². The smallest absolute Gasteiger partial charge is 0.239 e. The normalized spacial score (nSPS) is 10.4. The van der Waals surface area contributed by atoms with Crippen LogP contribution in [0.5, 0.6) is 5.88 Å². The van der Waals surface area contributed by atoms with Gasteiger partial charge in [-0.25, -0.2) is 4.98 Å². The molecule has 1 amide bonds. The van der Waals surface area contributed by atoms with Crippen LogP contribution in [-0.4, -0.2) is 22.4 Å². The molecule has 6 nitrogen and oxygen atoms in total. The van der Waals surface area contributed by atoms with E-state index in [2.05, 4.69) is 15.3 Å². The topological polar surface area (TPSA) is 67.4 Å². The van der Waals surface area contributed by atoms with Crippen LogP contribution >= 0.6 is 0 Å². The molecule has 0 bridgehead atoms. The van der Waals surface area contributed by atoms with Gasteiger partial charge in [0.2, 0.25) is 11.8 Å². The zero-order valence-corrected chi connectivity index (χ0v) is 18.3. The Balaban J connectivity index is 1.38. The average molecular weight is 439 g/mol. The lowest BCUT2D eigenvalue weighted by atomic mass is 10.2. The molecule has 0 saturated heterocycles. The number of anilines is 1. The molecule has 33 heavy (non-hydrogen) atoms. The Hall–Kier alpha value is -4.19. The summed E-state index contributed by atoms with van der Waals surface area (Å²) >= 11 is 0. The summed E-state index contributed by atoms with van der Waals surface area (Å²) in [6.45, 7) is 1.57. The van der Waals surface area contributed by atoms with E-state index in [9.17, 15) is 4.79 Å². The van der Waals surface area contributed by atoms with E-state index in [1.807, 2.05) is 96.0 Å². The van der Waals surface area contributed by atoms with Crippen molar-refractivity contribution in [2.75, 3.05) is 11.4 Å². The quantitative estimate of drug-likeness (QED) is 0.398. The Bertz CT molecular complexity index is 1140. The van der Waals surface area contributed by atoms with Crippen LogP contribution in [0, 0.1) is 0 Å². The van der Waals surface area contributed by atoms with E-state index in [1.54, 1.807) is 12.4 Å². The molecule has 0 aliphatic heterocycles. The lowest BCUT2D eigenvalue weighted by Gasteiger charge is -2.24. The Morgan fingerprint density at radius 3 is 2.33 bits per heavy atom. The monoisotopic (exact) mass is 438 g/mol. The van der Waals surface area contributed by atoms with Crippen LogP contribution in [-0.2, 0) is 24.5 Å². The van der Waals surface area contributed by atoms with Gasteiger partial charge in [-0.3, -0.25) is 9.78 Å². The number of hydrogen-bond donors (Lipinski definition) is 1. The molecule has 0 atom stereocenters. The van der Waals surface area contributed by atoms with Crippen molar-refractivity contribution in [2.45, 2.75) is 19.7 Å². The zero-order valence-electron chi connectivity index (χ0n) is 18.3. The number of nitrogens with one attached hydrogen (secondary N) is 1. The minimum absolute atomic E-state index is 0.0828. The van der Waals surface area contributed by atoms with Gasteiger partial charge in [-0.05, 0) is 35.4 Å². The van der Waals surface area contributed by atoms with E-state index in [0.717, 1.165) is 22.4 Å². The maximum Gasteiger partial charge on any atom is 0.239 e. The second-order valence-electron chi connectivity index (χ2n) is 7.57. The van der Waals surface area contributed by atoms with Gasteiger partial charge in [-0.15, -0.1) is 0 Å². The van der Waals surface area contributed by atoms with Gasteiger partial charge in [0.1, 0.15) is 6.61 Å². The molecule has 1 N–H and O–H groups in total. The lowest BCUT2D eigenvalue weighted by Crippen LogP contribution is -2.36. The lowest BCUT2D eigenvalue weighted by molar-refractivity contribution is -0.119. The van der Waals surface area contributed by atoms with Gasteiger partial charge in [0, 0.05) is 42.9 Å². The maximum absolute atomic E-state index is 12.9. The number of carbonyl (C=O) groups is 1. The van der Waals surface area contributed by atoms with Crippen LogP contribution < -0.4 is 15.0 Å². The highest BCUT2D eigenvalue weighted by molar-refractivity contribution is 5.81. The van der Waals surface area contributed by atoms with Crippen molar-refractivity contribution >= 4 is 11.6 Å². The van der Waals surface area contributed by atoms with Crippen LogP contribution in [0.2, 0.25) is 0 Å². The second kappa shape index (κ2) is 11.4. The van der Waals surface area contributed by atoms with Crippen molar-refractivity contribution in [1.82, 2.24) is 15.3 Å². The summed E-state index contributed by atoms with van der Waals surface area (Å²) in [7, 11) is 0. The number of ether oxygens (including phenoxy) is 1. The van der Waals surface area contributed by atoms with Crippen molar-refractivity contribution in [3.63, 3.8) is 0 Å². The van der Waals surface area contributed by atoms with Gasteiger partial charge in [0.05, 0.1) is 6.54 Å². The molecule has 0 saturated carbocycles. The van der Waals surface area contributed by atoms with Crippen molar-refractivity contribution < 1.29 is 9.53 Å². The molecule has 2 aromatic heterocycles. The highest BCUT2D eigenvalue weighted by atomic mass is 16.5. The van der Waals surface area contributed by atoms with Gasteiger partial charge in [0.25, 0.3) is 0 Å². The number of para-hydroxylation sites is 1. The SMILES string of the molecule is O=C(CN(Cc1cccnc1)c1ccccc1)NCc1cccnc1OCc1ccccc1. The minimum atomic E-state index is -0.0828. The molecule has 0 unspecified atom stereocenters. The summed E-state index contributed by atoms with van der Waals surface area (Å²) < 4.78 is 5.91. The third-order valence-electron chi connectivity index (χ3n) is 5.10. The van der Waals surface area contributed by atoms with E-state index in [4.69, 9.17) is 4.74 Å². The Morgan fingerprint density at radius 2 is 1.58 bits per heavy atom. The third-order valence-corrected chi connectivity index (χ3v) is 5.10. The summed E-state index contributed by atoms with van der Waals surface area (Å²) in [5, 5.41) is 3.01. The van der Waals surface area contributed by atoms with Crippen LogP contribution in [0.1, 0.15) is 16.7 Å². The fourth-order valence-corrected chi connectivity index (χ4v) is 3.43. The Labute approximate surface area is 193 Å². The number of amides is 1. The molecule has 0 aliphatic carbocycles. The fraction of sp³-hybridized carbons (Fsp3) is 0.148. The molecular formula is C27H26N4O2. The molecule has 0 spiro atoms. The number of pyridine rings is 2. The van der Waals surface area contributed by atoms with Crippen molar-refractivity contribution in [1.29, 1.82) is 0 Å².